The van der Waals surface area contributed by atoms with Gasteiger partial charge in [0.15, 0.2) is 5.82 Å². The zero-order valence-electron chi connectivity index (χ0n) is 15.1. The largest absolute Gasteiger partial charge is 0.360 e. The van der Waals surface area contributed by atoms with Gasteiger partial charge in [-0.1, -0.05) is 19.0 Å². The lowest BCUT2D eigenvalue weighted by molar-refractivity contribution is 0.208. The van der Waals surface area contributed by atoms with Gasteiger partial charge < -0.3 is 14.3 Å². The highest BCUT2D eigenvalue weighted by molar-refractivity contribution is 5.88. The minimum Gasteiger partial charge on any atom is -0.360 e. The van der Waals surface area contributed by atoms with Crippen LogP contribution in [0, 0.1) is 13.8 Å². The van der Waals surface area contributed by atoms with Gasteiger partial charge >= 0.3 is 6.03 Å². The van der Waals surface area contributed by atoms with Crippen LogP contribution in [0.5, 0.6) is 0 Å². The number of hydrogen-bond donors (Lipinski definition) is 1. The Morgan fingerprint density at radius 1 is 1.16 bits per heavy atom. The van der Waals surface area contributed by atoms with Gasteiger partial charge in [0, 0.05) is 49.9 Å². The maximum Gasteiger partial charge on any atom is 0.323 e. The summed E-state index contributed by atoms with van der Waals surface area (Å²) in [6, 6.07) is 3.54. The lowest BCUT2D eigenvalue weighted by Crippen LogP contribution is -2.50. The summed E-state index contributed by atoms with van der Waals surface area (Å²) in [5.74, 6) is 3.19. The van der Waals surface area contributed by atoms with Crippen molar-refractivity contribution in [3.8, 4) is 0 Å². The van der Waals surface area contributed by atoms with E-state index in [-0.39, 0.29) is 11.9 Å². The van der Waals surface area contributed by atoms with E-state index >= 15 is 0 Å². The minimum atomic E-state index is -0.158. The molecule has 0 atom stereocenters. The Morgan fingerprint density at radius 3 is 2.48 bits per heavy atom. The fraction of sp³-hybridized carbons (Fsp3) is 0.529. The Morgan fingerprint density at radius 2 is 1.88 bits per heavy atom. The number of anilines is 2. The molecular weight excluding hydrogens is 320 g/mol. The molecule has 2 amide bonds. The predicted molar refractivity (Wildman–Crippen MR) is 94.9 cm³/mol. The molecule has 2 aromatic rings. The molecule has 0 aliphatic carbocycles. The SMILES string of the molecule is Cc1cc(N2CCN(C(=O)Nc3cc(C)on3)CC2)nc(C(C)C)n1. The maximum absolute atomic E-state index is 12.3. The molecule has 3 rings (SSSR count). The number of carbonyl (C=O) groups is 1. The smallest absolute Gasteiger partial charge is 0.323 e. The highest BCUT2D eigenvalue weighted by Crippen LogP contribution is 2.19. The van der Waals surface area contributed by atoms with Gasteiger partial charge in [0.05, 0.1) is 0 Å². The number of piperazine rings is 1. The van der Waals surface area contributed by atoms with Crippen LogP contribution < -0.4 is 10.2 Å². The predicted octanol–water partition coefficient (Wildman–Crippen LogP) is 2.56. The zero-order valence-corrected chi connectivity index (χ0v) is 15.1. The van der Waals surface area contributed by atoms with Crippen LogP contribution in [0.25, 0.3) is 0 Å². The highest BCUT2D eigenvalue weighted by Gasteiger charge is 2.23. The molecule has 134 valence electrons. The Balaban J connectivity index is 1.61. The number of aromatic nitrogens is 3. The van der Waals surface area contributed by atoms with Gasteiger partial charge in [-0.15, -0.1) is 0 Å². The van der Waals surface area contributed by atoms with Crippen molar-refractivity contribution in [3.05, 3.63) is 29.4 Å². The number of aryl methyl sites for hydroxylation is 2. The molecule has 0 saturated carbocycles. The fourth-order valence-electron chi connectivity index (χ4n) is 2.75. The van der Waals surface area contributed by atoms with Crippen LogP contribution in [-0.4, -0.2) is 52.2 Å². The molecule has 0 bridgehead atoms. The molecule has 8 nitrogen and oxygen atoms in total. The number of amides is 2. The van der Waals surface area contributed by atoms with Gasteiger partial charge in [-0.2, -0.15) is 0 Å². The number of hydrogen-bond acceptors (Lipinski definition) is 6. The van der Waals surface area contributed by atoms with Crippen LogP contribution >= 0.6 is 0 Å². The van der Waals surface area contributed by atoms with Crippen molar-refractivity contribution in [2.24, 2.45) is 0 Å². The van der Waals surface area contributed by atoms with Gasteiger partial charge in [0.1, 0.15) is 17.4 Å². The van der Waals surface area contributed by atoms with Gasteiger partial charge in [0.25, 0.3) is 0 Å². The molecule has 8 heteroatoms. The third-order valence-electron chi connectivity index (χ3n) is 4.13. The number of carbonyl (C=O) groups excluding carboxylic acids is 1. The average molecular weight is 344 g/mol. The van der Waals surface area contributed by atoms with Crippen molar-refractivity contribution in [2.75, 3.05) is 36.4 Å². The van der Waals surface area contributed by atoms with E-state index in [1.165, 1.54) is 0 Å². The summed E-state index contributed by atoms with van der Waals surface area (Å²) in [5.41, 5.74) is 0.968. The van der Waals surface area contributed by atoms with Gasteiger partial charge in [-0.05, 0) is 13.8 Å². The molecule has 25 heavy (non-hydrogen) atoms. The fourth-order valence-corrected chi connectivity index (χ4v) is 2.75. The van der Waals surface area contributed by atoms with E-state index in [1.807, 2.05) is 13.0 Å². The Bertz CT molecular complexity index is 749. The molecular formula is C17H24N6O2. The van der Waals surface area contributed by atoms with E-state index in [2.05, 4.69) is 39.2 Å². The first-order chi connectivity index (χ1) is 11.9. The van der Waals surface area contributed by atoms with E-state index in [9.17, 15) is 4.79 Å². The number of nitrogens with one attached hydrogen (secondary N) is 1. The van der Waals surface area contributed by atoms with Crippen molar-refractivity contribution >= 4 is 17.7 Å². The molecule has 1 N–H and O–H groups in total. The monoisotopic (exact) mass is 344 g/mol. The van der Waals surface area contributed by atoms with Crippen molar-refractivity contribution < 1.29 is 9.32 Å². The summed E-state index contributed by atoms with van der Waals surface area (Å²) >= 11 is 0. The van der Waals surface area contributed by atoms with E-state index in [0.717, 1.165) is 30.4 Å². The Labute approximate surface area is 147 Å². The third kappa shape index (κ3) is 4.07. The molecule has 0 radical (unpaired) electrons. The lowest BCUT2D eigenvalue weighted by atomic mass is 10.2. The molecule has 1 fully saturated rings. The van der Waals surface area contributed by atoms with Crippen LogP contribution in [0.4, 0.5) is 16.4 Å². The van der Waals surface area contributed by atoms with Crippen molar-refractivity contribution in [1.82, 2.24) is 20.0 Å². The van der Waals surface area contributed by atoms with E-state index in [4.69, 9.17) is 4.52 Å². The van der Waals surface area contributed by atoms with Crippen LogP contribution in [0.1, 0.15) is 37.0 Å². The highest BCUT2D eigenvalue weighted by atomic mass is 16.5. The molecule has 3 heterocycles. The maximum atomic E-state index is 12.3. The molecule has 1 aliphatic heterocycles. The normalized spacial score (nSPS) is 14.9. The summed E-state index contributed by atoms with van der Waals surface area (Å²) < 4.78 is 4.96. The van der Waals surface area contributed by atoms with Crippen LogP contribution in [0.2, 0.25) is 0 Å². The van der Waals surface area contributed by atoms with E-state index in [1.54, 1.807) is 17.9 Å². The van der Waals surface area contributed by atoms with Gasteiger partial charge in [-0.3, -0.25) is 5.32 Å². The summed E-state index contributed by atoms with van der Waals surface area (Å²) in [6.07, 6.45) is 0. The second kappa shape index (κ2) is 7.08. The second-order valence-electron chi connectivity index (χ2n) is 6.61. The summed E-state index contributed by atoms with van der Waals surface area (Å²) in [5, 5.41) is 6.55. The van der Waals surface area contributed by atoms with E-state index in [0.29, 0.717) is 24.7 Å². The average Bonchev–Trinajstić information content (AvgIpc) is 2.99. The Hall–Kier alpha value is -2.64. The molecule has 1 saturated heterocycles. The standard InChI is InChI=1S/C17H24N6O2/c1-11(2)16-18-12(3)9-15(20-16)22-5-7-23(8-6-22)17(24)19-14-10-13(4)25-21-14/h9-11H,5-8H2,1-4H3,(H,19,21,24). The summed E-state index contributed by atoms with van der Waals surface area (Å²) in [4.78, 5) is 25.4. The quantitative estimate of drug-likeness (QED) is 0.921. The topological polar surface area (TPSA) is 87.4 Å². The van der Waals surface area contributed by atoms with Gasteiger partial charge in [-0.25, -0.2) is 14.8 Å². The summed E-state index contributed by atoms with van der Waals surface area (Å²) in [6.45, 7) is 10.7. The molecule has 0 unspecified atom stereocenters. The van der Waals surface area contributed by atoms with Crippen molar-refractivity contribution in [2.45, 2.75) is 33.6 Å². The van der Waals surface area contributed by atoms with Crippen molar-refractivity contribution in [3.63, 3.8) is 0 Å². The number of nitrogens with zero attached hydrogens (tertiary/aromatic N) is 5. The van der Waals surface area contributed by atoms with Crippen LogP contribution in [0.15, 0.2) is 16.7 Å². The van der Waals surface area contributed by atoms with Crippen LogP contribution in [-0.2, 0) is 0 Å². The molecule has 0 aromatic carbocycles. The molecule has 0 spiro atoms. The molecule has 2 aromatic heterocycles. The zero-order chi connectivity index (χ0) is 18.0. The van der Waals surface area contributed by atoms with Gasteiger partial charge in [0.2, 0.25) is 0 Å². The minimum absolute atomic E-state index is 0.158. The second-order valence-corrected chi connectivity index (χ2v) is 6.61. The third-order valence-corrected chi connectivity index (χ3v) is 4.13. The van der Waals surface area contributed by atoms with Crippen LogP contribution in [0.3, 0.4) is 0 Å². The lowest BCUT2D eigenvalue weighted by Gasteiger charge is -2.35. The number of rotatable bonds is 3. The Kier molecular flexibility index (Phi) is 4.87. The first-order valence-electron chi connectivity index (χ1n) is 8.52. The van der Waals surface area contributed by atoms with E-state index < -0.39 is 0 Å². The summed E-state index contributed by atoms with van der Waals surface area (Å²) in [7, 11) is 0. The first-order valence-corrected chi connectivity index (χ1v) is 8.52. The van der Waals surface area contributed by atoms with Crippen molar-refractivity contribution in [1.29, 1.82) is 0 Å². The first kappa shape index (κ1) is 17.2. The molecule has 1 aliphatic rings. The number of urea groups is 1.